The van der Waals surface area contributed by atoms with E-state index in [1.54, 1.807) is 24.3 Å². The van der Waals surface area contributed by atoms with Crippen molar-refractivity contribution in [1.29, 1.82) is 0 Å². The molecule has 0 saturated heterocycles. The van der Waals surface area contributed by atoms with Gasteiger partial charge in [0.1, 0.15) is 11.3 Å². The number of hydrogen-bond donors (Lipinski definition) is 0. The van der Waals surface area contributed by atoms with E-state index in [-0.39, 0.29) is 5.97 Å². The van der Waals surface area contributed by atoms with Gasteiger partial charge in [0.25, 0.3) is 0 Å². The van der Waals surface area contributed by atoms with E-state index in [0.717, 1.165) is 5.39 Å². The molecule has 0 radical (unpaired) electrons. The van der Waals surface area contributed by atoms with Crippen LogP contribution in [0.3, 0.4) is 0 Å². The van der Waals surface area contributed by atoms with Gasteiger partial charge in [-0.2, -0.15) is 0 Å². The summed E-state index contributed by atoms with van der Waals surface area (Å²) >= 11 is 0. The van der Waals surface area contributed by atoms with Crippen molar-refractivity contribution in [3.05, 3.63) is 40.8 Å². The van der Waals surface area contributed by atoms with Gasteiger partial charge in [-0.25, -0.2) is 4.79 Å². The lowest BCUT2D eigenvalue weighted by Gasteiger charge is -2.20. The van der Waals surface area contributed by atoms with E-state index in [1.807, 2.05) is 20.8 Å². The lowest BCUT2D eigenvalue weighted by Crippen LogP contribution is -2.28. The maximum atomic E-state index is 12.0. The molecule has 4 heteroatoms. The molecule has 0 atom stereocenters. The first-order valence-corrected chi connectivity index (χ1v) is 6.18. The van der Waals surface area contributed by atoms with E-state index in [2.05, 4.69) is 0 Å². The molecule has 0 aliphatic rings. The highest BCUT2D eigenvalue weighted by Gasteiger charge is 2.27. The summed E-state index contributed by atoms with van der Waals surface area (Å²) in [6.45, 7) is 5.59. The average molecular weight is 260 g/mol. The van der Waals surface area contributed by atoms with Crippen LogP contribution >= 0.6 is 0 Å². The molecule has 0 bridgehead atoms. The van der Waals surface area contributed by atoms with Crippen molar-refractivity contribution in [3.8, 4) is 5.75 Å². The zero-order valence-corrected chi connectivity index (χ0v) is 11.2. The average Bonchev–Trinajstić information content (AvgIpc) is 2.38. The van der Waals surface area contributed by atoms with Crippen LogP contribution in [0.25, 0.3) is 11.0 Å². The van der Waals surface area contributed by atoms with Crippen LogP contribution < -0.4 is 10.4 Å². The zero-order valence-electron chi connectivity index (χ0n) is 11.2. The highest BCUT2D eigenvalue weighted by atomic mass is 16.5. The van der Waals surface area contributed by atoms with Crippen molar-refractivity contribution in [1.82, 2.24) is 0 Å². The number of carbonyl (C=O) groups excluding carboxylic acids is 1. The minimum absolute atomic E-state index is 0.298. The van der Waals surface area contributed by atoms with E-state index >= 15 is 0 Å². The molecule has 0 saturated carbocycles. The lowest BCUT2D eigenvalue weighted by molar-refractivity contribution is -0.144. The quantitative estimate of drug-likeness (QED) is 0.483. The first-order chi connectivity index (χ1) is 8.92. The van der Waals surface area contributed by atoms with Gasteiger partial charge in [-0.1, -0.05) is 6.92 Å². The highest BCUT2D eigenvalue weighted by Crippen LogP contribution is 2.25. The van der Waals surface area contributed by atoms with Gasteiger partial charge < -0.3 is 9.15 Å². The van der Waals surface area contributed by atoms with Crippen molar-refractivity contribution in [3.63, 3.8) is 0 Å². The van der Waals surface area contributed by atoms with Gasteiger partial charge in [0, 0.05) is 17.5 Å². The third-order valence-corrected chi connectivity index (χ3v) is 3.24. The van der Waals surface area contributed by atoms with Crippen LogP contribution in [0.4, 0.5) is 0 Å². The molecule has 0 aliphatic heterocycles. The molecule has 1 heterocycles. The predicted octanol–water partition coefficient (Wildman–Crippen LogP) is 3.13. The van der Waals surface area contributed by atoms with Crippen molar-refractivity contribution in [2.75, 3.05) is 0 Å². The highest BCUT2D eigenvalue weighted by molar-refractivity contribution is 5.81. The molecule has 4 nitrogen and oxygen atoms in total. The first kappa shape index (κ1) is 13.3. The largest absolute Gasteiger partial charge is 0.426 e. The predicted molar refractivity (Wildman–Crippen MR) is 72.2 cm³/mol. The molecule has 0 aliphatic carbocycles. The minimum atomic E-state index is -0.535. The number of fused-ring (bicyclic) bond motifs is 1. The van der Waals surface area contributed by atoms with Gasteiger partial charge in [0.15, 0.2) is 0 Å². The normalized spacial score (nSPS) is 11.5. The summed E-state index contributed by atoms with van der Waals surface area (Å²) in [5, 5.41) is 0.786. The lowest BCUT2D eigenvalue weighted by atomic mass is 9.91. The number of carbonyl (C=O) groups is 1. The monoisotopic (exact) mass is 260 g/mol. The Kier molecular flexibility index (Phi) is 3.42. The third-order valence-electron chi connectivity index (χ3n) is 3.24. The molecule has 0 spiro atoms. The molecule has 1 aromatic heterocycles. The molecule has 0 fully saturated rings. The van der Waals surface area contributed by atoms with Gasteiger partial charge in [0.2, 0.25) is 0 Å². The van der Waals surface area contributed by atoms with E-state index in [9.17, 15) is 9.59 Å². The second-order valence-corrected chi connectivity index (χ2v) is 5.08. The van der Waals surface area contributed by atoms with Crippen LogP contribution in [-0.4, -0.2) is 5.97 Å². The van der Waals surface area contributed by atoms with Crippen molar-refractivity contribution in [2.24, 2.45) is 5.41 Å². The van der Waals surface area contributed by atoms with Gasteiger partial charge in [0.05, 0.1) is 5.41 Å². The Hall–Kier alpha value is -2.10. The maximum absolute atomic E-state index is 12.0. The number of benzene rings is 1. The number of hydrogen-bond acceptors (Lipinski definition) is 4. The van der Waals surface area contributed by atoms with E-state index in [1.165, 1.54) is 6.07 Å². The molecule has 1 aromatic carbocycles. The summed E-state index contributed by atoms with van der Waals surface area (Å²) in [6, 6.07) is 8.02. The Morgan fingerprint density at radius 3 is 2.63 bits per heavy atom. The fourth-order valence-electron chi connectivity index (χ4n) is 1.49. The molecule has 0 amide bonds. The molecule has 0 unspecified atom stereocenters. The standard InChI is InChI=1S/C15H16O4/c1-4-15(2,3)14(17)18-11-7-5-10-6-8-13(16)19-12(10)9-11/h5-9H,4H2,1-3H3. The Bertz CT molecular complexity index is 667. The van der Waals surface area contributed by atoms with Gasteiger partial charge >= 0.3 is 11.6 Å². The van der Waals surface area contributed by atoms with E-state index < -0.39 is 11.0 Å². The van der Waals surface area contributed by atoms with Crippen LogP contribution in [0.5, 0.6) is 5.75 Å². The van der Waals surface area contributed by atoms with Crippen LogP contribution in [0.1, 0.15) is 27.2 Å². The van der Waals surface area contributed by atoms with Crippen molar-refractivity contribution < 1.29 is 13.9 Å². The molecule has 19 heavy (non-hydrogen) atoms. The maximum Gasteiger partial charge on any atom is 0.336 e. The Balaban J connectivity index is 2.32. The topological polar surface area (TPSA) is 56.5 Å². The summed E-state index contributed by atoms with van der Waals surface area (Å²) in [4.78, 5) is 23.1. The van der Waals surface area contributed by atoms with Crippen LogP contribution in [-0.2, 0) is 4.79 Å². The van der Waals surface area contributed by atoms with Crippen LogP contribution in [0.15, 0.2) is 39.5 Å². The summed E-state index contributed by atoms with van der Waals surface area (Å²) in [5.74, 6) is 0.0843. The van der Waals surface area contributed by atoms with E-state index in [0.29, 0.717) is 17.8 Å². The van der Waals surface area contributed by atoms with Crippen molar-refractivity contribution >= 4 is 16.9 Å². The Morgan fingerprint density at radius 2 is 1.95 bits per heavy atom. The van der Waals surface area contributed by atoms with Gasteiger partial charge in [-0.05, 0) is 38.5 Å². The number of rotatable bonds is 3. The fourth-order valence-corrected chi connectivity index (χ4v) is 1.49. The molecular weight excluding hydrogens is 244 g/mol. The van der Waals surface area contributed by atoms with Gasteiger partial charge in [-0.3, -0.25) is 4.79 Å². The van der Waals surface area contributed by atoms with E-state index in [4.69, 9.17) is 9.15 Å². The Morgan fingerprint density at radius 1 is 1.26 bits per heavy atom. The fraction of sp³-hybridized carbons (Fsp3) is 0.333. The second-order valence-electron chi connectivity index (χ2n) is 5.08. The molecule has 2 aromatic rings. The zero-order chi connectivity index (χ0) is 14.0. The molecule has 2 rings (SSSR count). The number of esters is 1. The summed E-state index contributed by atoms with van der Waals surface area (Å²) < 4.78 is 10.4. The first-order valence-electron chi connectivity index (χ1n) is 6.18. The van der Waals surface area contributed by atoms with Crippen molar-refractivity contribution in [2.45, 2.75) is 27.2 Å². The van der Waals surface area contributed by atoms with Crippen LogP contribution in [0.2, 0.25) is 0 Å². The second kappa shape index (κ2) is 4.88. The van der Waals surface area contributed by atoms with Gasteiger partial charge in [-0.15, -0.1) is 0 Å². The van der Waals surface area contributed by atoms with Crippen LogP contribution in [0, 0.1) is 5.41 Å². The Labute approximate surface area is 111 Å². The summed E-state index contributed by atoms with van der Waals surface area (Å²) in [7, 11) is 0. The minimum Gasteiger partial charge on any atom is -0.426 e. The third kappa shape index (κ3) is 2.84. The molecular formula is C15H16O4. The summed E-state index contributed by atoms with van der Waals surface area (Å²) in [6.07, 6.45) is 0.689. The number of ether oxygens (including phenoxy) is 1. The molecule has 0 N–H and O–H groups in total. The molecule has 100 valence electrons. The smallest absolute Gasteiger partial charge is 0.336 e. The SMILES string of the molecule is CCC(C)(C)C(=O)Oc1ccc2ccc(=O)oc2c1. The summed E-state index contributed by atoms with van der Waals surface area (Å²) in [5.41, 5.74) is -0.552.